The van der Waals surface area contributed by atoms with Gasteiger partial charge in [-0.3, -0.25) is 8.74 Å². The first-order valence-electron chi connectivity index (χ1n) is 5.19. The maximum atomic E-state index is 11.8. The Morgan fingerprint density at radius 2 is 1.50 bits per heavy atom. The molecule has 1 heterocycles. The summed E-state index contributed by atoms with van der Waals surface area (Å²) in [6, 6.07) is 0. The van der Waals surface area contributed by atoms with Crippen molar-refractivity contribution < 1.29 is 56.7 Å². The second kappa shape index (κ2) is 7.29. The molecule has 0 amide bonds. The van der Waals surface area contributed by atoms with Gasteiger partial charge in [-0.15, -0.1) is 0 Å². The zero-order valence-electron chi connectivity index (χ0n) is 10.4. The standard InChI is InChI=1S/C6H9F3O4S.CHF3O3S/c7-6(8,9)14(10,11)13-4-5-2-1-3-12-5;2-1(3,4)8(5,6)7/h5H,1-4H2;(H,5,6,7). The van der Waals surface area contributed by atoms with Gasteiger partial charge in [0, 0.05) is 6.61 Å². The van der Waals surface area contributed by atoms with Gasteiger partial charge in [0.15, 0.2) is 0 Å². The molecule has 0 aromatic rings. The van der Waals surface area contributed by atoms with Crippen molar-refractivity contribution in [2.45, 2.75) is 30.0 Å². The molecule has 1 atom stereocenters. The molecule has 0 radical (unpaired) electrons. The first-order chi connectivity index (χ1) is 9.58. The SMILES string of the molecule is O=S(=O)(O)C(F)(F)F.O=S(=O)(OCC1CCCO1)C(F)(F)F. The molecule has 1 unspecified atom stereocenters. The highest BCUT2D eigenvalue weighted by molar-refractivity contribution is 7.87. The second-order valence-electron chi connectivity index (χ2n) is 3.74. The Balaban J connectivity index is 0.000000472. The van der Waals surface area contributed by atoms with Gasteiger partial charge >= 0.3 is 31.3 Å². The lowest BCUT2D eigenvalue weighted by Gasteiger charge is -2.11. The van der Waals surface area contributed by atoms with E-state index in [2.05, 4.69) is 4.18 Å². The Morgan fingerprint density at radius 1 is 1.05 bits per heavy atom. The summed E-state index contributed by atoms with van der Waals surface area (Å²) in [7, 11) is -11.3. The van der Waals surface area contributed by atoms with Gasteiger partial charge in [-0.25, -0.2) is 0 Å². The molecule has 1 aliphatic rings. The first-order valence-corrected chi connectivity index (χ1v) is 8.04. The summed E-state index contributed by atoms with van der Waals surface area (Å²) >= 11 is 0. The van der Waals surface area contributed by atoms with Gasteiger partial charge in [-0.2, -0.15) is 43.2 Å². The lowest BCUT2D eigenvalue weighted by atomic mass is 10.2. The number of hydrogen-bond acceptors (Lipinski definition) is 6. The number of ether oxygens (including phenoxy) is 1. The Morgan fingerprint density at radius 3 is 1.77 bits per heavy atom. The summed E-state index contributed by atoms with van der Waals surface area (Å²) in [6.07, 6.45) is 0.681. The minimum atomic E-state index is -5.84. The molecule has 0 aromatic carbocycles. The highest BCUT2D eigenvalue weighted by Crippen LogP contribution is 2.25. The van der Waals surface area contributed by atoms with Crippen LogP contribution in [0.5, 0.6) is 0 Å². The van der Waals surface area contributed by atoms with Crippen LogP contribution >= 0.6 is 0 Å². The molecule has 1 saturated heterocycles. The van der Waals surface area contributed by atoms with Crippen molar-refractivity contribution in [3.8, 4) is 0 Å². The van der Waals surface area contributed by atoms with Gasteiger partial charge < -0.3 is 4.74 Å². The lowest BCUT2D eigenvalue weighted by Crippen LogP contribution is -2.28. The van der Waals surface area contributed by atoms with Gasteiger partial charge in [0.1, 0.15) is 0 Å². The van der Waals surface area contributed by atoms with Crippen molar-refractivity contribution in [3.63, 3.8) is 0 Å². The van der Waals surface area contributed by atoms with Crippen LogP contribution in [0.15, 0.2) is 0 Å². The zero-order valence-corrected chi connectivity index (χ0v) is 12.0. The molecular weight excluding hydrogens is 374 g/mol. The Bertz CT molecular complexity index is 543. The maximum Gasteiger partial charge on any atom is 0.523 e. The van der Waals surface area contributed by atoms with E-state index in [0.717, 1.165) is 0 Å². The van der Waals surface area contributed by atoms with E-state index < -0.39 is 44.0 Å². The summed E-state index contributed by atoms with van der Waals surface area (Å²) in [6.45, 7) is -0.137. The van der Waals surface area contributed by atoms with Crippen molar-refractivity contribution >= 4 is 20.2 Å². The number of alkyl halides is 6. The zero-order chi connectivity index (χ0) is 17.8. The van der Waals surface area contributed by atoms with Crippen molar-refractivity contribution in [3.05, 3.63) is 0 Å². The van der Waals surface area contributed by atoms with E-state index in [-0.39, 0.29) is 0 Å². The van der Waals surface area contributed by atoms with E-state index in [1.165, 1.54) is 0 Å². The van der Waals surface area contributed by atoms with Crippen LogP contribution in [0.4, 0.5) is 26.3 Å². The predicted octanol–water partition coefficient (Wildman–Crippen LogP) is 1.43. The fourth-order valence-corrected chi connectivity index (χ4v) is 1.47. The Hall–Kier alpha value is -0.640. The van der Waals surface area contributed by atoms with Crippen LogP contribution < -0.4 is 0 Å². The van der Waals surface area contributed by atoms with Gasteiger partial charge in [0.2, 0.25) is 0 Å². The van der Waals surface area contributed by atoms with Crippen LogP contribution in [0.25, 0.3) is 0 Å². The second-order valence-corrected chi connectivity index (χ2v) is 6.76. The van der Waals surface area contributed by atoms with Crippen LogP contribution in [0.1, 0.15) is 12.8 Å². The summed E-state index contributed by atoms with van der Waals surface area (Å²) in [4.78, 5) is 0. The molecule has 0 spiro atoms. The van der Waals surface area contributed by atoms with Crippen LogP contribution in [0.2, 0.25) is 0 Å². The quantitative estimate of drug-likeness (QED) is 0.339. The smallest absolute Gasteiger partial charge is 0.376 e. The molecular formula is C7H10F6O7S2. The average Bonchev–Trinajstić information content (AvgIpc) is 2.75. The number of hydrogen-bond donors (Lipinski definition) is 1. The minimum absolute atomic E-state index is 0.431. The van der Waals surface area contributed by atoms with E-state index in [0.29, 0.717) is 19.4 Å². The highest BCUT2D eigenvalue weighted by Gasteiger charge is 2.47. The summed E-state index contributed by atoms with van der Waals surface area (Å²) in [5.74, 6) is 0. The number of rotatable bonds is 3. The summed E-state index contributed by atoms with van der Waals surface area (Å²) in [5.41, 5.74) is -10.9. The van der Waals surface area contributed by atoms with Crippen molar-refractivity contribution in [1.82, 2.24) is 0 Å². The third-order valence-corrected chi connectivity index (χ3v) is 3.61. The lowest BCUT2D eigenvalue weighted by molar-refractivity contribution is -0.0569. The average molecular weight is 384 g/mol. The van der Waals surface area contributed by atoms with Crippen LogP contribution in [-0.2, 0) is 29.2 Å². The topological polar surface area (TPSA) is 107 Å². The molecule has 0 saturated carbocycles. The van der Waals surface area contributed by atoms with Gasteiger partial charge in [0.05, 0.1) is 12.7 Å². The largest absolute Gasteiger partial charge is 0.523 e. The van der Waals surface area contributed by atoms with Crippen molar-refractivity contribution in [2.75, 3.05) is 13.2 Å². The van der Waals surface area contributed by atoms with Crippen LogP contribution in [0, 0.1) is 0 Å². The van der Waals surface area contributed by atoms with Gasteiger partial charge in [-0.05, 0) is 12.8 Å². The summed E-state index contributed by atoms with van der Waals surface area (Å²) < 4.78 is 122. The molecule has 0 aliphatic carbocycles. The normalized spacial score (nSPS) is 20.4. The predicted molar refractivity (Wildman–Crippen MR) is 57.5 cm³/mol. The third kappa shape index (κ3) is 7.08. The maximum absolute atomic E-state index is 11.8. The Labute approximate surface area is 121 Å². The monoisotopic (exact) mass is 384 g/mol. The summed E-state index contributed by atoms with van der Waals surface area (Å²) in [5, 5.41) is 0. The van der Waals surface area contributed by atoms with E-state index in [9.17, 15) is 34.8 Å². The van der Waals surface area contributed by atoms with Crippen LogP contribution in [-0.4, -0.2) is 51.7 Å². The third-order valence-electron chi connectivity index (χ3n) is 2.01. The molecule has 134 valence electrons. The van der Waals surface area contributed by atoms with E-state index in [1.807, 2.05) is 0 Å². The molecule has 22 heavy (non-hydrogen) atoms. The van der Waals surface area contributed by atoms with Crippen LogP contribution in [0.3, 0.4) is 0 Å². The van der Waals surface area contributed by atoms with E-state index in [4.69, 9.17) is 17.7 Å². The molecule has 1 N–H and O–H groups in total. The van der Waals surface area contributed by atoms with Crippen molar-refractivity contribution in [2.24, 2.45) is 0 Å². The fourth-order valence-electron chi connectivity index (χ4n) is 1.01. The fraction of sp³-hybridized carbons (Fsp3) is 1.00. The molecule has 1 aliphatic heterocycles. The van der Waals surface area contributed by atoms with E-state index in [1.54, 1.807) is 0 Å². The highest BCUT2D eigenvalue weighted by atomic mass is 32.2. The molecule has 7 nitrogen and oxygen atoms in total. The van der Waals surface area contributed by atoms with E-state index >= 15 is 0 Å². The Kier molecular flexibility index (Phi) is 7.08. The molecule has 1 fully saturated rings. The minimum Gasteiger partial charge on any atom is -0.376 e. The van der Waals surface area contributed by atoms with Crippen molar-refractivity contribution in [1.29, 1.82) is 0 Å². The number of halogens is 6. The first kappa shape index (κ1) is 21.4. The molecule has 1 rings (SSSR count). The molecule has 0 aromatic heterocycles. The molecule has 15 heteroatoms. The van der Waals surface area contributed by atoms with Gasteiger partial charge in [0.25, 0.3) is 0 Å². The van der Waals surface area contributed by atoms with Gasteiger partial charge in [-0.1, -0.05) is 0 Å². The molecule has 0 bridgehead atoms.